The molecule has 0 saturated carbocycles. The average Bonchev–Trinajstić information content (AvgIpc) is 2.70. The summed E-state index contributed by atoms with van der Waals surface area (Å²) in [5.41, 5.74) is -1.40. The lowest BCUT2D eigenvalue weighted by atomic mass is 10.1. The Morgan fingerprint density at radius 1 is 1.24 bits per heavy atom. The van der Waals surface area contributed by atoms with Crippen LogP contribution in [0.25, 0.3) is 0 Å². The van der Waals surface area contributed by atoms with E-state index in [-0.39, 0.29) is 28.7 Å². The van der Waals surface area contributed by atoms with Crippen molar-refractivity contribution in [2.75, 3.05) is 5.32 Å². The van der Waals surface area contributed by atoms with Gasteiger partial charge in [0.15, 0.2) is 5.11 Å². The van der Waals surface area contributed by atoms with Crippen LogP contribution < -0.4 is 5.32 Å². The second-order valence-electron chi connectivity index (χ2n) is 4.24. The molecule has 0 unspecified atom stereocenters. The van der Waals surface area contributed by atoms with Gasteiger partial charge < -0.3 is 5.32 Å². The van der Waals surface area contributed by atoms with Gasteiger partial charge in [0, 0.05) is 17.9 Å². The Bertz CT molecular complexity index is 617. The Labute approximate surface area is 127 Å². The van der Waals surface area contributed by atoms with Gasteiger partial charge in [-0.3, -0.25) is 9.59 Å². The van der Waals surface area contributed by atoms with Gasteiger partial charge in [-0.05, 0) is 30.4 Å². The van der Waals surface area contributed by atoms with E-state index < -0.39 is 23.6 Å². The number of anilines is 1. The normalized spacial score (nSPS) is 15.5. The Hall–Kier alpha value is -1.67. The first kappa shape index (κ1) is 15.7. The van der Waals surface area contributed by atoms with Crippen LogP contribution in [0.4, 0.5) is 18.9 Å². The fourth-order valence-electron chi connectivity index (χ4n) is 1.83. The van der Waals surface area contributed by atoms with Crippen molar-refractivity contribution >= 4 is 46.4 Å². The molecule has 0 bridgehead atoms. The Morgan fingerprint density at radius 3 is 2.33 bits per heavy atom. The van der Waals surface area contributed by atoms with Gasteiger partial charge in [-0.1, -0.05) is 11.6 Å². The number of amides is 2. The molecule has 0 aromatic heterocycles. The number of imide groups is 1. The summed E-state index contributed by atoms with van der Waals surface area (Å²) in [6, 6.07) is 3.07. The average molecular weight is 337 g/mol. The molecule has 2 rings (SSSR count). The first-order valence-corrected chi connectivity index (χ1v) is 6.52. The van der Waals surface area contributed by atoms with Gasteiger partial charge >= 0.3 is 6.18 Å². The smallest absolute Gasteiger partial charge is 0.331 e. The fraction of sp³-hybridized carbons (Fsp3) is 0.250. The lowest BCUT2D eigenvalue weighted by molar-refractivity contribution is -0.137. The third-order valence-electron chi connectivity index (χ3n) is 2.78. The summed E-state index contributed by atoms with van der Waals surface area (Å²) in [5.74, 6) is -1.08. The molecule has 1 heterocycles. The number of rotatable bonds is 1. The highest BCUT2D eigenvalue weighted by Gasteiger charge is 2.36. The van der Waals surface area contributed by atoms with Crippen LogP contribution in [0.2, 0.25) is 5.02 Å². The Balaban J connectivity index is 2.30. The Morgan fingerprint density at radius 2 is 1.81 bits per heavy atom. The predicted molar refractivity (Wildman–Crippen MR) is 73.8 cm³/mol. The molecule has 1 aliphatic rings. The highest BCUT2D eigenvalue weighted by Crippen LogP contribution is 2.36. The summed E-state index contributed by atoms with van der Waals surface area (Å²) in [4.78, 5) is 23.6. The van der Waals surface area contributed by atoms with E-state index in [9.17, 15) is 22.8 Å². The van der Waals surface area contributed by atoms with Gasteiger partial charge in [-0.15, -0.1) is 0 Å². The van der Waals surface area contributed by atoms with Gasteiger partial charge in [0.2, 0.25) is 11.8 Å². The molecule has 1 saturated heterocycles. The van der Waals surface area contributed by atoms with Crippen molar-refractivity contribution in [2.24, 2.45) is 0 Å². The van der Waals surface area contributed by atoms with E-state index in [2.05, 4.69) is 5.32 Å². The minimum absolute atomic E-state index is 0.00655. The number of hydrogen-bond acceptors (Lipinski definition) is 3. The molecule has 21 heavy (non-hydrogen) atoms. The van der Waals surface area contributed by atoms with Gasteiger partial charge in [0.1, 0.15) is 0 Å². The van der Waals surface area contributed by atoms with Crippen LogP contribution in [-0.2, 0) is 15.8 Å². The largest absolute Gasteiger partial charge is 0.418 e. The minimum Gasteiger partial charge on any atom is -0.331 e. The number of likely N-dealkylation sites (tertiary alicyclic amines) is 1. The molecule has 0 atom stereocenters. The molecule has 2 amide bonds. The third kappa shape index (κ3) is 3.33. The number of hydrogen-bond donors (Lipinski definition) is 1. The van der Waals surface area contributed by atoms with Crippen molar-refractivity contribution in [1.29, 1.82) is 0 Å². The zero-order valence-corrected chi connectivity index (χ0v) is 11.9. The Kier molecular flexibility index (Phi) is 4.20. The van der Waals surface area contributed by atoms with E-state index in [1.165, 1.54) is 6.07 Å². The van der Waals surface area contributed by atoms with Crippen LogP contribution in [0.3, 0.4) is 0 Å². The van der Waals surface area contributed by atoms with Crippen molar-refractivity contribution in [1.82, 2.24) is 4.90 Å². The summed E-state index contributed by atoms with van der Waals surface area (Å²) in [6.45, 7) is 0. The summed E-state index contributed by atoms with van der Waals surface area (Å²) < 4.78 is 38.8. The molecule has 4 nitrogen and oxygen atoms in total. The quantitative estimate of drug-likeness (QED) is 0.632. The van der Waals surface area contributed by atoms with Crippen LogP contribution in [-0.4, -0.2) is 21.8 Å². The SMILES string of the molecule is O=C1CCC(=O)N1C(=S)Nc1ccc(Cl)cc1C(F)(F)F. The van der Waals surface area contributed by atoms with Crippen molar-refractivity contribution in [2.45, 2.75) is 19.0 Å². The first-order chi connectivity index (χ1) is 9.70. The highest BCUT2D eigenvalue weighted by molar-refractivity contribution is 7.80. The summed E-state index contributed by atoms with van der Waals surface area (Å²) in [6.07, 6.45) is -4.66. The lowest BCUT2D eigenvalue weighted by Gasteiger charge is -2.19. The van der Waals surface area contributed by atoms with Gasteiger partial charge in [-0.25, -0.2) is 4.90 Å². The van der Waals surface area contributed by atoms with E-state index in [0.717, 1.165) is 12.1 Å². The van der Waals surface area contributed by atoms with Crippen molar-refractivity contribution in [3.05, 3.63) is 28.8 Å². The number of benzene rings is 1. The number of halogens is 4. The number of nitrogens with zero attached hydrogens (tertiary/aromatic N) is 1. The lowest BCUT2D eigenvalue weighted by Crippen LogP contribution is -2.39. The monoisotopic (exact) mass is 336 g/mol. The predicted octanol–water partition coefficient (Wildman–Crippen LogP) is 3.20. The van der Waals surface area contributed by atoms with Crippen LogP contribution in [0.15, 0.2) is 18.2 Å². The molecule has 9 heteroatoms. The molecule has 112 valence electrons. The van der Waals surface area contributed by atoms with Crippen molar-refractivity contribution < 1.29 is 22.8 Å². The minimum atomic E-state index is -4.65. The number of thiocarbonyl (C=S) groups is 1. The molecule has 1 fully saturated rings. The second kappa shape index (κ2) is 5.61. The zero-order chi connectivity index (χ0) is 15.8. The second-order valence-corrected chi connectivity index (χ2v) is 5.06. The number of nitrogens with one attached hydrogen (secondary N) is 1. The molecular formula is C12H8ClF3N2O2S. The first-order valence-electron chi connectivity index (χ1n) is 5.73. The molecule has 1 aliphatic heterocycles. The van der Waals surface area contributed by atoms with E-state index in [1.54, 1.807) is 0 Å². The van der Waals surface area contributed by atoms with Gasteiger partial charge in [0.25, 0.3) is 0 Å². The van der Waals surface area contributed by atoms with Crippen molar-refractivity contribution in [3.8, 4) is 0 Å². The van der Waals surface area contributed by atoms with Gasteiger partial charge in [0.05, 0.1) is 11.3 Å². The van der Waals surface area contributed by atoms with Crippen LogP contribution in [0.1, 0.15) is 18.4 Å². The molecule has 0 spiro atoms. The number of alkyl halides is 3. The molecule has 1 N–H and O–H groups in total. The maximum Gasteiger partial charge on any atom is 0.418 e. The van der Waals surface area contributed by atoms with Crippen LogP contribution >= 0.6 is 23.8 Å². The van der Waals surface area contributed by atoms with E-state index in [0.29, 0.717) is 4.90 Å². The topological polar surface area (TPSA) is 49.4 Å². The fourth-order valence-corrected chi connectivity index (χ4v) is 2.32. The van der Waals surface area contributed by atoms with Crippen LogP contribution in [0, 0.1) is 0 Å². The zero-order valence-electron chi connectivity index (χ0n) is 10.3. The van der Waals surface area contributed by atoms with E-state index in [4.69, 9.17) is 23.8 Å². The van der Waals surface area contributed by atoms with E-state index in [1.807, 2.05) is 0 Å². The summed E-state index contributed by atoms with van der Waals surface area (Å²) in [5, 5.41) is 1.81. The highest BCUT2D eigenvalue weighted by atomic mass is 35.5. The molecule has 0 radical (unpaired) electrons. The summed E-state index contributed by atoms with van der Waals surface area (Å²) >= 11 is 10.4. The third-order valence-corrected chi connectivity index (χ3v) is 3.30. The molecular weight excluding hydrogens is 329 g/mol. The molecule has 0 aliphatic carbocycles. The maximum absolute atomic E-state index is 12.9. The molecule has 1 aromatic carbocycles. The van der Waals surface area contributed by atoms with E-state index >= 15 is 0 Å². The molecule has 1 aromatic rings. The van der Waals surface area contributed by atoms with Gasteiger partial charge in [-0.2, -0.15) is 13.2 Å². The standard InChI is InChI=1S/C12H8ClF3N2O2S/c13-6-1-2-8(7(5-6)12(14,15)16)17-11(21)18-9(19)3-4-10(18)20/h1-2,5H,3-4H2,(H,17,21). The number of carbonyl (C=O) groups excluding carboxylic acids is 2. The van der Waals surface area contributed by atoms with Crippen molar-refractivity contribution in [3.63, 3.8) is 0 Å². The van der Waals surface area contributed by atoms with Crippen LogP contribution in [0.5, 0.6) is 0 Å². The maximum atomic E-state index is 12.9. The summed E-state index contributed by atoms with van der Waals surface area (Å²) in [7, 11) is 0. The number of carbonyl (C=O) groups is 2.